The molecule has 1 atom stereocenters. The van der Waals surface area contributed by atoms with Crippen LogP contribution in [0.3, 0.4) is 0 Å². The van der Waals surface area contributed by atoms with E-state index >= 15 is 0 Å². The van der Waals surface area contributed by atoms with Crippen LogP contribution >= 0.6 is 11.6 Å². The summed E-state index contributed by atoms with van der Waals surface area (Å²) in [6, 6.07) is 4.49. The number of hydrogen-bond acceptors (Lipinski definition) is 2. The van der Waals surface area contributed by atoms with Gasteiger partial charge in [0.05, 0.1) is 10.7 Å². The van der Waals surface area contributed by atoms with Gasteiger partial charge in [0.1, 0.15) is 0 Å². The zero-order chi connectivity index (χ0) is 14.1. The van der Waals surface area contributed by atoms with Crippen LogP contribution in [0.25, 0.3) is 0 Å². The number of benzene rings is 1. The summed E-state index contributed by atoms with van der Waals surface area (Å²) in [6.07, 6.45) is -5.06. The van der Waals surface area contributed by atoms with Crippen molar-refractivity contribution in [2.24, 2.45) is 0 Å². The molecule has 0 heterocycles. The highest BCUT2D eigenvalue weighted by Crippen LogP contribution is 2.32. The molecule has 3 nitrogen and oxygen atoms in total. The fourth-order valence-electron chi connectivity index (χ4n) is 1.11. The average Bonchev–Trinajstić information content (AvgIpc) is 2.21. The molecule has 1 aromatic rings. The minimum Gasteiger partial charge on any atom is -0.373 e. The number of hydrogen-bond donors (Lipinski definition) is 2. The zero-order valence-corrected chi connectivity index (χ0v) is 10.4. The minimum atomic E-state index is -5.06. The summed E-state index contributed by atoms with van der Waals surface area (Å²) in [5.41, 5.74) is -2.74. The highest BCUT2D eigenvalue weighted by molar-refractivity contribution is 6.33. The van der Waals surface area contributed by atoms with E-state index in [2.05, 4.69) is 0 Å². The van der Waals surface area contributed by atoms with Crippen molar-refractivity contribution in [2.45, 2.75) is 25.6 Å². The number of aryl methyl sites for hydroxylation is 1. The van der Waals surface area contributed by atoms with Crippen molar-refractivity contribution in [3.05, 3.63) is 28.8 Å². The van der Waals surface area contributed by atoms with Gasteiger partial charge in [-0.2, -0.15) is 13.2 Å². The van der Waals surface area contributed by atoms with Gasteiger partial charge in [-0.15, -0.1) is 0 Å². The first-order chi connectivity index (χ1) is 8.05. The number of aliphatic hydroxyl groups is 1. The van der Waals surface area contributed by atoms with Crippen LogP contribution in [-0.2, 0) is 4.79 Å². The number of anilines is 1. The molecule has 18 heavy (non-hydrogen) atoms. The molecule has 0 spiro atoms. The second-order valence-electron chi connectivity index (χ2n) is 4.01. The molecule has 0 radical (unpaired) electrons. The predicted molar refractivity (Wildman–Crippen MR) is 61.5 cm³/mol. The van der Waals surface area contributed by atoms with Crippen molar-refractivity contribution in [2.75, 3.05) is 5.32 Å². The van der Waals surface area contributed by atoms with Crippen molar-refractivity contribution in [1.82, 2.24) is 0 Å². The van der Waals surface area contributed by atoms with Gasteiger partial charge < -0.3 is 10.4 Å². The first kappa shape index (κ1) is 14.8. The van der Waals surface area contributed by atoms with Crippen LogP contribution in [0.5, 0.6) is 0 Å². The summed E-state index contributed by atoms with van der Waals surface area (Å²) in [5, 5.41) is 11.2. The van der Waals surface area contributed by atoms with E-state index in [0.29, 0.717) is 12.5 Å². The van der Waals surface area contributed by atoms with Crippen molar-refractivity contribution >= 4 is 23.2 Å². The van der Waals surface area contributed by atoms with E-state index in [-0.39, 0.29) is 10.7 Å². The summed E-state index contributed by atoms with van der Waals surface area (Å²) < 4.78 is 37.3. The summed E-state index contributed by atoms with van der Waals surface area (Å²) >= 11 is 5.73. The topological polar surface area (TPSA) is 49.3 Å². The molecule has 0 aliphatic carbocycles. The molecule has 100 valence electrons. The quantitative estimate of drug-likeness (QED) is 0.876. The lowest BCUT2D eigenvalue weighted by Gasteiger charge is -2.25. The Morgan fingerprint density at radius 1 is 1.39 bits per heavy atom. The molecule has 1 unspecified atom stereocenters. The predicted octanol–water partition coefficient (Wildman–Crippen LogP) is 2.90. The molecule has 0 saturated heterocycles. The molecule has 0 bridgehead atoms. The van der Waals surface area contributed by atoms with Gasteiger partial charge >= 0.3 is 6.18 Å². The fourth-order valence-corrected chi connectivity index (χ4v) is 1.27. The van der Waals surface area contributed by atoms with Crippen LogP contribution in [0.15, 0.2) is 18.2 Å². The third-order valence-electron chi connectivity index (χ3n) is 2.36. The normalized spacial score (nSPS) is 15.1. The molecular weight excluding hydrogens is 271 g/mol. The van der Waals surface area contributed by atoms with Gasteiger partial charge in [-0.3, -0.25) is 4.79 Å². The van der Waals surface area contributed by atoms with Gasteiger partial charge in [0.25, 0.3) is 5.91 Å². The third-order valence-corrected chi connectivity index (χ3v) is 2.69. The number of alkyl halides is 3. The van der Waals surface area contributed by atoms with Crippen LogP contribution in [-0.4, -0.2) is 22.8 Å². The smallest absolute Gasteiger partial charge is 0.373 e. The van der Waals surface area contributed by atoms with Gasteiger partial charge in [0.2, 0.25) is 5.60 Å². The lowest BCUT2D eigenvalue weighted by molar-refractivity contribution is -0.242. The van der Waals surface area contributed by atoms with Crippen molar-refractivity contribution in [3.8, 4) is 0 Å². The summed E-state index contributed by atoms with van der Waals surface area (Å²) in [5.74, 6) is -1.58. The van der Waals surface area contributed by atoms with E-state index in [9.17, 15) is 18.0 Å². The molecule has 0 aliphatic rings. The van der Waals surface area contributed by atoms with E-state index < -0.39 is 17.7 Å². The molecule has 7 heteroatoms. The molecule has 1 amide bonds. The van der Waals surface area contributed by atoms with Crippen LogP contribution in [0.4, 0.5) is 18.9 Å². The van der Waals surface area contributed by atoms with Crippen LogP contribution < -0.4 is 5.32 Å². The van der Waals surface area contributed by atoms with Crippen LogP contribution in [0.1, 0.15) is 12.5 Å². The van der Waals surface area contributed by atoms with Crippen molar-refractivity contribution < 1.29 is 23.1 Å². The molecule has 2 N–H and O–H groups in total. The van der Waals surface area contributed by atoms with E-state index in [4.69, 9.17) is 16.7 Å². The van der Waals surface area contributed by atoms with Crippen molar-refractivity contribution in [3.63, 3.8) is 0 Å². The molecule has 1 rings (SSSR count). The maximum Gasteiger partial charge on any atom is 0.426 e. The van der Waals surface area contributed by atoms with E-state index in [1.54, 1.807) is 13.0 Å². The summed E-state index contributed by atoms with van der Waals surface area (Å²) in [7, 11) is 0. The monoisotopic (exact) mass is 281 g/mol. The Kier molecular flexibility index (Phi) is 3.92. The Bertz CT molecular complexity index is 472. The molecule has 0 aromatic heterocycles. The number of rotatable bonds is 2. The van der Waals surface area contributed by atoms with Crippen LogP contribution in [0.2, 0.25) is 5.02 Å². The Balaban J connectivity index is 2.98. The minimum absolute atomic E-state index is 0.0196. The number of carbonyl (C=O) groups is 1. The van der Waals surface area contributed by atoms with E-state index in [1.165, 1.54) is 12.1 Å². The van der Waals surface area contributed by atoms with Gasteiger partial charge in [-0.25, -0.2) is 0 Å². The fraction of sp³-hybridized carbons (Fsp3) is 0.364. The molecule has 1 aromatic carbocycles. The standard InChI is InChI=1S/C11H11ClF3NO2/c1-6-3-4-7(12)8(5-6)16-9(17)10(2,18)11(13,14)15/h3-5,18H,1-2H3,(H,16,17). The number of carbonyl (C=O) groups excluding carboxylic acids is 1. The highest BCUT2D eigenvalue weighted by Gasteiger charge is 2.55. The second kappa shape index (κ2) is 4.78. The maximum absolute atomic E-state index is 12.4. The lowest BCUT2D eigenvalue weighted by Crippen LogP contribution is -2.52. The van der Waals surface area contributed by atoms with Gasteiger partial charge in [0.15, 0.2) is 0 Å². The van der Waals surface area contributed by atoms with E-state index in [1.807, 2.05) is 5.32 Å². The Morgan fingerprint density at radius 2 is 1.94 bits per heavy atom. The molecule has 0 saturated carbocycles. The Morgan fingerprint density at radius 3 is 2.44 bits per heavy atom. The molecular formula is C11H11ClF3NO2. The van der Waals surface area contributed by atoms with Gasteiger partial charge in [0, 0.05) is 0 Å². The van der Waals surface area contributed by atoms with E-state index in [0.717, 1.165) is 0 Å². The summed E-state index contributed by atoms with van der Waals surface area (Å²) in [6.45, 7) is 2.07. The van der Waals surface area contributed by atoms with Gasteiger partial charge in [-0.1, -0.05) is 17.7 Å². The Labute approximate surface area is 107 Å². The highest BCUT2D eigenvalue weighted by atomic mass is 35.5. The number of nitrogens with one attached hydrogen (secondary N) is 1. The largest absolute Gasteiger partial charge is 0.426 e. The van der Waals surface area contributed by atoms with Crippen molar-refractivity contribution in [1.29, 1.82) is 0 Å². The molecule has 0 aliphatic heterocycles. The first-order valence-corrected chi connectivity index (χ1v) is 5.30. The lowest BCUT2D eigenvalue weighted by atomic mass is 10.1. The second-order valence-corrected chi connectivity index (χ2v) is 4.41. The molecule has 0 fully saturated rings. The zero-order valence-electron chi connectivity index (χ0n) is 9.60. The average molecular weight is 282 g/mol. The number of amides is 1. The SMILES string of the molecule is Cc1ccc(Cl)c(NC(=O)C(C)(O)C(F)(F)F)c1. The number of halogens is 4. The van der Waals surface area contributed by atoms with Gasteiger partial charge in [-0.05, 0) is 31.5 Å². The van der Waals surface area contributed by atoms with Crippen LogP contribution in [0, 0.1) is 6.92 Å². The third kappa shape index (κ3) is 2.94. The summed E-state index contributed by atoms with van der Waals surface area (Å²) in [4.78, 5) is 11.4. The maximum atomic E-state index is 12.4. The first-order valence-electron chi connectivity index (χ1n) is 4.92. The Hall–Kier alpha value is -1.27.